The van der Waals surface area contributed by atoms with E-state index in [-0.39, 0.29) is 25.6 Å². The fourth-order valence-electron chi connectivity index (χ4n) is 2.32. The van der Waals surface area contributed by atoms with Crippen molar-refractivity contribution in [1.82, 2.24) is 10.6 Å². The van der Waals surface area contributed by atoms with Crippen LogP contribution >= 0.6 is 11.6 Å². The van der Waals surface area contributed by atoms with Crippen LogP contribution in [0.3, 0.4) is 0 Å². The summed E-state index contributed by atoms with van der Waals surface area (Å²) in [5.41, 5.74) is 1.26. The Labute approximate surface area is 168 Å². The molecule has 0 spiro atoms. The minimum atomic E-state index is -0.515. The first kappa shape index (κ1) is 21.4. The molecule has 150 valence electrons. The number of amides is 2. The summed E-state index contributed by atoms with van der Waals surface area (Å²) in [5.74, 6) is 0.647. The first-order chi connectivity index (χ1) is 13.5. The lowest BCUT2D eigenvalue weighted by molar-refractivity contribution is 0.0951. The lowest BCUT2D eigenvalue weighted by Gasteiger charge is -2.13. The molecule has 0 bridgehead atoms. The van der Waals surface area contributed by atoms with Crippen molar-refractivity contribution < 1.29 is 23.8 Å². The third kappa shape index (κ3) is 6.35. The summed E-state index contributed by atoms with van der Waals surface area (Å²) in [5, 5.41) is 5.86. The van der Waals surface area contributed by atoms with E-state index < -0.39 is 6.09 Å². The number of rotatable bonds is 9. The monoisotopic (exact) mass is 406 g/mol. The van der Waals surface area contributed by atoms with Gasteiger partial charge in [-0.25, -0.2) is 4.79 Å². The van der Waals surface area contributed by atoms with Crippen LogP contribution in [0.4, 0.5) is 4.79 Å². The highest BCUT2D eigenvalue weighted by Gasteiger charge is 2.12. The molecule has 7 nitrogen and oxygen atoms in total. The molecule has 0 aromatic heterocycles. The molecule has 0 saturated carbocycles. The standard InChI is InChI=1S/C20H23ClN2O5/c1-3-27-20(25)23-11-10-22-19(24)14-8-9-17(18(12-14)26-2)28-13-15-6-4-5-7-16(15)21/h4-9,12H,3,10-11,13H2,1-2H3,(H,22,24)(H,23,25). The van der Waals surface area contributed by atoms with E-state index in [1.165, 1.54) is 7.11 Å². The average Bonchev–Trinajstić information content (AvgIpc) is 2.70. The summed E-state index contributed by atoms with van der Waals surface area (Å²) >= 11 is 6.13. The predicted molar refractivity (Wildman–Crippen MR) is 106 cm³/mol. The molecule has 0 heterocycles. The summed E-state index contributed by atoms with van der Waals surface area (Å²) in [6, 6.07) is 12.3. The van der Waals surface area contributed by atoms with Gasteiger partial charge in [-0.05, 0) is 31.2 Å². The second-order valence-corrected chi connectivity index (χ2v) is 6.06. The minimum Gasteiger partial charge on any atom is -0.493 e. The number of methoxy groups -OCH3 is 1. The molecule has 2 aromatic carbocycles. The van der Waals surface area contributed by atoms with E-state index in [1.807, 2.05) is 18.2 Å². The third-order valence-corrected chi connectivity index (χ3v) is 4.09. The smallest absolute Gasteiger partial charge is 0.407 e. The second kappa shape index (κ2) is 11.0. The predicted octanol–water partition coefficient (Wildman–Crippen LogP) is 3.40. The Morgan fingerprint density at radius 1 is 1.04 bits per heavy atom. The summed E-state index contributed by atoms with van der Waals surface area (Å²) in [4.78, 5) is 23.4. The largest absolute Gasteiger partial charge is 0.493 e. The van der Waals surface area contributed by atoms with Gasteiger partial charge >= 0.3 is 6.09 Å². The molecule has 0 aliphatic carbocycles. The van der Waals surface area contributed by atoms with Crippen LogP contribution in [0.1, 0.15) is 22.8 Å². The Morgan fingerprint density at radius 3 is 2.50 bits per heavy atom. The maximum atomic E-state index is 12.2. The normalized spacial score (nSPS) is 10.1. The van der Waals surface area contributed by atoms with Gasteiger partial charge in [-0.1, -0.05) is 29.8 Å². The number of nitrogens with one attached hydrogen (secondary N) is 2. The van der Waals surface area contributed by atoms with Crippen LogP contribution in [0.2, 0.25) is 5.02 Å². The van der Waals surface area contributed by atoms with Crippen LogP contribution < -0.4 is 20.1 Å². The van der Waals surface area contributed by atoms with Gasteiger partial charge in [0.1, 0.15) is 6.61 Å². The van der Waals surface area contributed by atoms with Crippen molar-refractivity contribution in [3.8, 4) is 11.5 Å². The number of alkyl carbamates (subject to hydrolysis) is 1. The third-order valence-electron chi connectivity index (χ3n) is 3.72. The Hall–Kier alpha value is -2.93. The number of hydrogen-bond acceptors (Lipinski definition) is 5. The van der Waals surface area contributed by atoms with E-state index in [4.69, 9.17) is 25.8 Å². The van der Waals surface area contributed by atoms with Gasteiger partial charge in [0.15, 0.2) is 11.5 Å². The lowest BCUT2D eigenvalue weighted by Crippen LogP contribution is -2.34. The van der Waals surface area contributed by atoms with Crippen molar-refractivity contribution in [2.45, 2.75) is 13.5 Å². The molecule has 2 aromatic rings. The van der Waals surface area contributed by atoms with E-state index in [0.29, 0.717) is 28.7 Å². The zero-order valence-corrected chi connectivity index (χ0v) is 16.5. The van der Waals surface area contributed by atoms with Crippen LogP contribution in [0.15, 0.2) is 42.5 Å². The highest BCUT2D eigenvalue weighted by molar-refractivity contribution is 6.31. The summed E-state index contributed by atoms with van der Waals surface area (Å²) in [6.45, 7) is 2.83. The highest BCUT2D eigenvalue weighted by Crippen LogP contribution is 2.29. The van der Waals surface area contributed by atoms with E-state index in [0.717, 1.165) is 5.56 Å². The second-order valence-electron chi connectivity index (χ2n) is 5.65. The van der Waals surface area contributed by atoms with Crippen LogP contribution in [-0.4, -0.2) is 38.8 Å². The molecule has 0 fully saturated rings. The molecule has 0 radical (unpaired) electrons. The Bertz CT molecular complexity index is 813. The molecule has 2 amide bonds. The molecule has 0 aliphatic rings. The average molecular weight is 407 g/mol. The Kier molecular flexibility index (Phi) is 8.42. The van der Waals surface area contributed by atoms with E-state index in [1.54, 1.807) is 31.2 Å². The van der Waals surface area contributed by atoms with Crippen LogP contribution in [-0.2, 0) is 11.3 Å². The minimum absolute atomic E-state index is 0.265. The highest BCUT2D eigenvalue weighted by atomic mass is 35.5. The maximum Gasteiger partial charge on any atom is 0.407 e. The zero-order valence-electron chi connectivity index (χ0n) is 15.8. The molecule has 28 heavy (non-hydrogen) atoms. The molecular weight excluding hydrogens is 384 g/mol. The summed E-state index contributed by atoms with van der Waals surface area (Å²) in [7, 11) is 1.50. The van der Waals surface area contributed by atoms with Crippen LogP contribution in [0.5, 0.6) is 11.5 Å². The molecule has 0 aliphatic heterocycles. The summed E-state index contributed by atoms with van der Waals surface area (Å²) < 4.78 is 15.8. The van der Waals surface area contributed by atoms with Crippen LogP contribution in [0, 0.1) is 0 Å². The molecule has 2 N–H and O–H groups in total. The first-order valence-corrected chi connectivity index (χ1v) is 9.16. The summed E-state index contributed by atoms with van der Waals surface area (Å²) in [6.07, 6.45) is -0.515. The fourth-order valence-corrected chi connectivity index (χ4v) is 2.51. The van der Waals surface area contributed by atoms with Crippen molar-refractivity contribution in [1.29, 1.82) is 0 Å². The number of carbonyl (C=O) groups excluding carboxylic acids is 2. The van der Waals surface area contributed by atoms with Crippen LogP contribution in [0.25, 0.3) is 0 Å². The Balaban J connectivity index is 1.91. The van der Waals surface area contributed by atoms with Gasteiger partial charge in [-0.15, -0.1) is 0 Å². The number of halogens is 1. The van der Waals surface area contributed by atoms with Gasteiger partial charge in [0.2, 0.25) is 0 Å². The number of benzene rings is 2. The number of hydrogen-bond donors (Lipinski definition) is 2. The number of ether oxygens (including phenoxy) is 3. The van der Waals surface area contributed by atoms with Crippen molar-refractivity contribution in [2.24, 2.45) is 0 Å². The van der Waals surface area contributed by atoms with Gasteiger partial charge in [0.05, 0.1) is 13.7 Å². The van der Waals surface area contributed by atoms with Crippen molar-refractivity contribution in [2.75, 3.05) is 26.8 Å². The molecule has 0 saturated heterocycles. The topological polar surface area (TPSA) is 85.9 Å². The quantitative estimate of drug-likeness (QED) is 0.623. The van der Waals surface area contributed by atoms with Crippen molar-refractivity contribution in [3.63, 3.8) is 0 Å². The molecule has 0 unspecified atom stereocenters. The molecule has 0 atom stereocenters. The maximum absolute atomic E-state index is 12.2. The van der Waals surface area contributed by atoms with Crippen molar-refractivity contribution >= 4 is 23.6 Å². The van der Waals surface area contributed by atoms with Crippen molar-refractivity contribution in [3.05, 3.63) is 58.6 Å². The van der Waals surface area contributed by atoms with E-state index in [2.05, 4.69) is 10.6 Å². The SMILES string of the molecule is CCOC(=O)NCCNC(=O)c1ccc(OCc2ccccc2Cl)c(OC)c1. The zero-order chi connectivity index (χ0) is 20.4. The van der Waals surface area contributed by atoms with E-state index in [9.17, 15) is 9.59 Å². The van der Waals surface area contributed by atoms with Gasteiger partial charge < -0.3 is 24.8 Å². The van der Waals surface area contributed by atoms with Gasteiger partial charge in [0.25, 0.3) is 5.91 Å². The van der Waals surface area contributed by atoms with Gasteiger partial charge in [0, 0.05) is 29.2 Å². The van der Waals surface area contributed by atoms with E-state index >= 15 is 0 Å². The molecule has 2 rings (SSSR count). The van der Waals surface area contributed by atoms with Gasteiger partial charge in [-0.3, -0.25) is 4.79 Å². The Morgan fingerprint density at radius 2 is 1.79 bits per heavy atom. The molecule has 8 heteroatoms. The lowest BCUT2D eigenvalue weighted by atomic mass is 10.2. The van der Waals surface area contributed by atoms with Gasteiger partial charge in [-0.2, -0.15) is 0 Å². The number of carbonyl (C=O) groups is 2. The molecular formula is C20H23ClN2O5. The fraction of sp³-hybridized carbons (Fsp3) is 0.300. The first-order valence-electron chi connectivity index (χ1n) is 8.78.